The van der Waals surface area contributed by atoms with Crippen LogP contribution in [0.2, 0.25) is 0 Å². The number of hydrogen-bond donors (Lipinski definition) is 0. The van der Waals surface area contributed by atoms with Crippen molar-refractivity contribution in [2.24, 2.45) is 0 Å². The fourth-order valence-corrected chi connectivity index (χ4v) is 2.42. The predicted octanol–water partition coefficient (Wildman–Crippen LogP) is 3.70. The van der Waals surface area contributed by atoms with E-state index in [1.54, 1.807) is 7.11 Å². The van der Waals surface area contributed by atoms with Crippen LogP contribution in [0.15, 0.2) is 48.5 Å². The van der Waals surface area contributed by atoms with Crippen LogP contribution in [0.3, 0.4) is 0 Å². The van der Waals surface area contributed by atoms with Gasteiger partial charge in [-0.25, -0.2) is 0 Å². The van der Waals surface area contributed by atoms with E-state index in [4.69, 9.17) is 4.74 Å². The maximum Gasteiger partial charge on any atom is 0.130 e. The summed E-state index contributed by atoms with van der Waals surface area (Å²) in [7, 11) is 1.65. The number of methoxy groups -OCH3 is 1. The lowest BCUT2D eigenvalue weighted by Crippen LogP contribution is -2.26. The van der Waals surface area contributed by atoms with Crippen molar-refractivity contribution in [1.29, 1.82) is 0 Å². The second-order valence-corrected chi connectivity index (χ2v) is 5.43. The number of aldehydes is 1. The monoisotopic (exact) mass is 268 g/mol. The number of benzene rings is 2. The molecule has 20 heavy (non-hydrogen) atoms. The minimum atomic E-state index is -0.515. The van der Waals surface area contributed by atoms with E-state index in [0.29, 0.717) is 6.42 Å². The van der Waals surface area contributed by atoms with Crippen molar-refractivity contribution < 1.29 is 9.53 Å². The highest BCUT2D eigenvalue weighted by molar-refractivity contribution is 5.69. The van der Waals surface area contributed by atoms with E-state index in [1.165, 1.54) is 5.56 Å². The molecule has 0 aliphatic rings. The van der Waals surface area contributed by atoms with Gasteiger partial charge in [0.05, 0.1) is 12.5 Å². The molecule has 0 spiro atoms. The Morgan fingerprint density at radius 3 is 2.55 bits per heavy atom. The molecule has 1 unspecified atom stereocenters. The van der Waals surface area contributed by atoms with Crippen molar-refractivity contribution in [3.05, 3.63) is 65.2 Å². The van der Waals surface area contributed by atoms with Crippen LogP contribution in [0.25, 0.3) is 0 Å². The van der Waals surface area contributed by atoms with E-state index in [0.717, 1.165) is 23.2 Å². The van der Waals surface area contributed by atoms with Crippen LogP contribution in [0.1, 0.15) is 23.6 Å². The molecule has 0 amide bonds. The largest absolute Gasteiger partial charge is 0.497 e. The van der Waals surface area contributed by atoms with E-state index < -0.39 is 5.41 Å². The third-order valence-corrected chi connectivity index (χ3v) is 3.64. The van der Waals surface area contributed by atoms with Crippen LogP contribution in [-0.2, 0) is 16.6 Å². The maximum atomic E-state index is 11.7. The number of rotatable bonds is 5. The van der Waals surface area contributed by atoms with Gasteiger partial charge in [-0.3, -0.25) is 0 Å². The molecule has 0 saturated heterocycles. The third-order valence-electron chi connectivity index (χ3n) is 3.64. The maximum absolute atomic E-state index is 11.7. The fraction of sp³-hybridized carbons (Fsp3) is 0.278. The zero-order valence-corrected chi connectivity index (χ0v) is 12.2. The molecule has 0 aliphatic heterocycles. The van der Waals surface area contributed by atoms with Crippen molar-refractivity contribution in [1.82, 2.24) is 0 Å². The summed E-state index contributed by atoms with van der Waals surface area (Å²) in [6.45, 7) is 4.02. The molecule has 2 heteroatoms. The molecule has 0 aromatic heterocycles. The molecule has 1 atom stereocenters. The van der Waals surface area contributed by atoms with Crippen LogP contribution in [0.5, 0.6) is 5.75 Å². The average Bonchev–Trinajstić information content (AvgIpc) is 2.47. The quantitative estimate of drug-likeness (QED) is 0.773. The van der Waals surface area contributed by atoms with Gasteiger partial charge in [-0.15, -0.1) is 0 Å². The number of carbonyl (C=O) groups is 1. The summed E-state index contributed by atoms with van der Waals surface area (Å²) >= 11 is 0. The zero-order chi connectivity index (χ0) is 14.6. The Morgan fingerprint density at radius 2 is 1.90 bits per heavy atom. The molecule has 2 aromatic carbocycles. The first-order chi connectivity index (χ1) is 9.57. The van der Waals surface area contributed by atoms with E-state index in [9.17, 15) is 4.79 Å². The topological polar surface area (TPSA) is 26.3 Å². The van der Waals surface area contributed by atoms with E-state index in [1.807, 2.05) is 56.3 Å². The Hall–Kier alpha value is -2.09. The summed E-state index contributed by atoms with van der Waals surface area (Å²) in [5.41, 5.74) is 2.80. The molecule has 0 aliphatic carbocycles. The van der Waals surface area contributed by atoms with Gasteiger partial charge < -0.3 is 9.53 Å². The minimum absolute atomic E-state index is 0.515. The smallest absolute Gasteiger partial charge is 0.130 e. The van der Waals surface area contributed by atoms with Gasteiger partial charge in [0, 0.05) is 0 Å². The van der Waals surface area contributed by atoms with Crippen molar-refractivity contribution in [2.45, 2.75) is 25.7 Å². The molecule has 2 rings (SSSR count). The lowest BCUT2D eigenvalue weighted by atomic mass is 9.78. The average molecular weight is 268 g/mol. The molecular formula is C18H20O2. The van der Waals surface area contributed by atoms with Crippen LogP contribution >= 0.6 is 0 Å². The molecule has 2 nitrogen and oxygen atoms in total. The molecule has 0 radical (unpaired) electrons. The van der Waals surface area contributed by atoms with Gasteiger partial charge in [0.25, 0.3) is 0 Å². The Kier molecular flexibility index (Phi) is 4.23. The molecule has 2 aromatic rings. The summed E-state index contributed by atoms with van der Waals surface area (Å²) in [5, 5.41) is 0. The normalized spacial score (nSPS) is 13.6. The first-order valence-corrected chi connectivity index (χ1v) is 6.74. The molecule has 0 fully saturated rings. The first-order valence-electron chi connectivity index (χ1n) is 6.74. The van der Waals surface area contributed by atoms with Gasteiger partial charge in [-0.1, -0.05) is 42.0 Å². The van der Waals surface area contributed by atoms with Gasteiger partial charge in [-0.05, 0) is 43.5 Å². The first kappa shape index (κ1) is 14.3. The number of ether oxygens (including phenoxy) is 1. The SMILES string of the molecule is COc1cccc(CC(C)(C=O)c2cccc(C)c2)c1. The minimum Gasteiger partial charge on any atom is -0.497 e. The molecule has 0 heterocycles. The van der Waals surface area contributed by atoms with Crippen LogP contribution in [-0.4, -0.2) is 13.4 Å². The number of carbonyl (C=O) groups excluding carboxylic acids is 1. The van der Waals surface area contributed by atoms with Gasteiger partial charge in [0.15, 0.2) is 0 Å². The Morgan fingerprint density at radius 1 is 1.15 bits per heavy atom. The summed E-state index contributed by atoms with van der Waals surface area (Å²) < 4.78 is 5.24. The number of hydrogen-bond acceptors (Lipinski definition) is 2. The van der Waals surface area contributed by atoms with Gasteiger partial charge in [-0.2, -0.15) is 0 Å². The highest BCUT2D eigenvalue weighted by atomic mass is 16.5. The Labute approximate surface area is 120 Å². The predicted molar refractivity (Wildman–Crippen MR) is 81.3 cm³/mol. The molecule has 104 valence electrons. The molecule has 0 bridgehead atoms. The van der Waals surface area contributed by atoms with Crippen molar-refractivity contribution >= 4 is 6.29 Å². The van der Waals surface area contributed by atoms with Crippen molar-refractivity contribution in [3.63, 3.8) is 0 Å². The van der Waals surface area contributed by atoms with Gasteiger partial charge in [0.2, 0.25) is 0 Å². The number of aryl methyl sites for hydroxylation is 1. The Balaban J connectivity index is 2.33. The van der Waals surface area contributed by atoms with Gasteiger partial charge in [0.1, 0.15) is 12.0 Å². The molecule has 0 saturated carbocycles. The summed E-state index contributed by atoms with van der Waals surface area (Å²) in [6, 6.07) is 16.0. The van der Waals surface area contributed by atoms with E-state index in [-0.39, 0.29) is 0 Å². The zero-order valence-electron chi connectivity index (χ0n) is 12.2. The highest BCUT2D eigenvalue weighted by Gasteiger charge is 2.26. The van der Waals surface area contributed by atoms with Gasteiger partial charge >= 0.3 is 0 Å². The summed E-state index contributed by atoms with van der Waals surface area (Å²) in [4.78, 5) is 11.7. The molecular weight excluding hydrogens is 248 g/mol. The van der Waals surface area contributed by atoms with Crippen molar-refractivity contribution in [3.8, 4) is 5.75 Å². The van der Waals surface area contributed by atoms with Crippen molar-refractivity contribution in [2.75, 3.05) is 7.11 Å². The van der Waals surface area contributed by atoms with Crippen LogP contribution in [0.4, 0.5) is 0 Å². The second-order valence-electron chi connectivity index (χ2n) is 5.43. The Bertz CT molecular complexity index is 604. The lowest BCUT2D eigenvalue weighted by molar-refractivity contribution is -0.112. The van der Waals surface area contributed by atoms with E-state index in [2.05, 4.69) is 6.07 Å². The molecule has 0 N–H and O–H groups in total. The third kappa shape index (κ3) is 3.08. The summed E-state index contributed by atoms with van der Waals surface area (Å²) in [6.07, 6.45) is 1.71. The van der Waals surface area contributed by atoms with Crippen LogP contribution < -0.4 is 4.74 Å². The lowest BCUT2D eigenvalue weighted by Gasteiger charge is -2.24. The second kappa shape index (κ2) is 5.91. The van der Waals surface area contributed by atoms with E-state index >= 15 is 0 Å². The van der Waals surface area contributed by atoms with Crippen LogP contribution in [0, 0.1) is 6.92 Å². The fourth-order valence-electron chi connectivity index (χ4n) is 2.42. The highest BCUT2D eigenvalue weighted by Crippen LogP contribution is 2.28. The standard InChI is InChI=1S/C18H20O2/c1-14-6-4-8-16(10-14)18(2,13-19)12-15-7-5-9-17(11-15)20-3/h4-11,13H,12H2,1-3H3. The summed E-state index contributed by atoms with van der Waals surface area (Å²) in [5.74, 6) is 0.819.